The van der Waals surface area contributed by atoms with Gasteiger partial charge in [0, 0.05) is 11.3 Å². The Balaban J connectivity index is 2.02. The van der Waals surface area contributed by atoms with Gasteiger partial charge in [-0.15, -0.1) is 11.3 Å². The molecule has 2 aromatic rings. The van der Waals surface area contributed by atoms with Crippen LogP contribution >= 0.6 is 11.3 Å². The summed E-state index contributed by atoms with van der Waals surface area (Å²) in [5.41, 5.74) is 13.1. The molecule has 0 saturated carbocycles. The molecule has 0 spiro atoms. The third-order valence-electron chi connectivity index (χ3n) is 4.49. The SMILES string of the molecule is COc1ccc(C2(C#N)CCc3c(sc(N)c3C(N)=O)C2)cc1. The van der Waals surface area contributed by atoms with E-state index in [-0.39, 0.29) is 0 Å². The average Bonchev–Trinajstić information content (AvgIpc) is 2.89. The second-order valence-corrected chi connectivity index (χ2v) is 6.84. The van der Waals surface area contributed by atoms with Crippen LogP contribution < -0.4 is 16.2 Å². The largest absolute Gasteiger partial charge is 0.497 e. The molecule has 1 aliphatic rings. The summed E-state index contributed by atoms with van der Waals surface area (Å²) in [5, 5.41) is 10.3. The molecule has 118 valence electrons. The number of methoxy groups -OCH3 is 1. The second kappa shape index (κ2) is 5.60. The van der Waals surface area contributed by atoms with Crippen molar-refractivity contribution in [3.05, 3.63) is 45.8 Å². The van der Waals surface area contributed by atoms with Gasteiger partial charge in [-0.1, -0.05) is 12.1 Å². The highest BCUT2D eigenvalue weighted by atomic mass is 32.1. The van der Waals surface area contributed by atoms with Crippen molar-refractivity contribution in [2.75, 3.05) is 12.8 Å². The van der Waals surface area contributed by atoms with Crippen LogP contribution in [0.2, 0.25) is 0 Å². The van der Waals surface area contributed by atoms with Crippen molar-refractivity contribution in [3.8, 4) is 11.8 Å². The van der Waals surface area contributed by atoms with Crippen molar-refractivity contribution >= 4 is 22.2 Å². The van der Waals surface area contributed by atoms with E-state index in [2.05, 4.69) is 6.07 Å². The fourth-order valence-electron chi connectivity index (χ4n) is 3.23. The van der Waals surface area contributed by atoms with Gasteiger partial charge in [0.15, 0.2) is 0 Å². The van der Waals surface area contributed by atoms with Crippen LogP contribution in [0.15, 0.2) is 24.3 Å². The van der Waals surface area contributed by atoms with Gasteiger partial charge in [-0.25, -0.2) is 0 Å². The number of anilines is 1. The van der Waals surface area contributed by atoms with Crippen molar-refractivity contribution in [2.24, 2.45) is 5.73 Å². The molecule has 1 aromatic heterocycles. The summed E-state index contributed by atoms with van der Waals surface area (Å²) >= 11 is 1.37. The molecule has 5 nitrogen and oxygen atoms in total. The number of hydrogen-bond acceptors (Lipinski definition) is 5. The molecule has 6 heteroatoms. The number of hydrogen-bond donors (Lipinski definition) is 2. The minimum atomic E-state index is -0.606. The Labute approximate surface area is 138 Å². The molecule has 1 heterocycles. The fraction of sp³-hybridized carbons (Fsp3) is 0.294. The summed E-state index contributed by atoms with van der Waals surface area (Å²) in [7, 11) is 1.61. The lowest BCUT2D eigenvalue weighted by atomic mass is 9.70. The maximum absolute atomic E-state index is 11.6. The molecular weight excluding hydrogens is 310 g/mol. The molecular formula is C17H17N3O2S. The smallest absolute Gasteiger partial charge is 0.251 e. The molecule has 3 rings (SSSR count). The van der Waals surface area contributed by atoms with Crippen LogP contribution in [0.25, 0.3) is 0 Å². The molecule has 1 aliphatic carbocycles. The van der Waals surface area contributed by atoms with Crippen LogP contribution in [-0.2, 0) is 18.3 Å². The summed E-state index contributed by atoms with van der Waals surface area (Å²) in [6.45, 7) is 0. The number of thiophene rings is 1. The van der Waals surface area contributed by atoms with E-state index in [1.54, 1.807) is 7.11 Å². The van der Waals surface area contributed by atoms with Gasteiger partial charge in [0.25, 0.3) is 5.91 Å². The molecule has 0 bridgehead atoms. The number of nitrogens with two attached hydrogens (primary N) is 2. The number of carbonyl (C=O) groups excluding carboxylic acids is 1. The number of nitrogens with zero attached hydrogens (tertiary/aromatic N) is 1. The lowest BCUT2D eigenvalue weighted by molar-refractivity contribution is 0.100. The molecule has 1 aromatic carbocycles. The van der Waals surface area contributed by atoms with Gasteiger partial charge < -0.3 is 16.2 Å². The quantitative estimate of drug-likeness (QED) is 0.903. The van der Waals surface area contributed by atoms with Crippen molar-refractivity contribution in [1.29, 1.82) is 5.26 Å². The van der Waals surface area contributed by atoms with Gasteiger partial charge in [0.1, 0.15) is 5.75 Å². The summed E-state index contributed by atoms with van der Waals surface area (Å²) < 4.78 is 5.18. The van der Waals surface area contributed by atoms with Crippen molar-refractivity contribution in [1.82, 2.24) is 0 Å². The first-order chi connectivity index (χ1) is 11.0. The topological polar surface area (TPSA) is 102 Å². The van der Waals surface area contributed by atoms with Gasteiger partial charge in [-0.2, -0.15) is 5.26 Å². The third kappa shape index (κ3) is 2.43. The van der Waals surface area contributed by atoms with Crippen molar-refractivity contribution < 1.29 is 9.53 Å². The molecule has 0 saturated heterocycles. The minimum Gasteiger partial charge on any atom is -0.497 e. The van der Waals surface area contributed by atoms with E-state index in [0.717, 1.165) is 21.8 Å². The van der Waals surface area contributed by atoms with Crippen LogP contribution in [-0.4, -0.2) is 13.0 Å². The Hall–Kier alpha value is -2.52. The summed E-state index contributed by atoms with van der Waals surface area (Å²) in [6.07, 6.45) is 1.81. The maximum Gasteiger partial charge on any atom is 0.251 e. The Morgan fingerprint density at radius 1 is 1.39 bits per heavy atom. The van der Waals surface area contributed by atoms with E-state index in [1.165, 1.54) is 11.3 Å². The third-order valence-corrected chi connectivity index (χ3v) is 5.55. The predicted octanol–water partition coefficient (Wildman–Crippen LogP) is 2.39. The molecule has 1 unspecified atom stereocenters. The predicted molar refractivity (Wildman–Crippen MR) is 89.6 cm³/mol. The number of nitriles is 1. The Morgan fingerprint density at radius 3 is 2.65 bits per heavy atom. The lowest BCUT2D eigenvalue weighted by Crippen LogP contribution is -2.32. The molecule has 4 N–H and O–H groups in total. The molecule has 0 fully saturated rings. The van der Waals surface area contributed by atoms with E-state index in [1.807, 2.05) is 24.3 Å². The number of primary amides is 1. The highest BCUT2D eigenvalue weighted by Crippen LogP contribution is 2.44. The Morgan fingerprint density at radius 2 is 2.09 bits per heavy atom. The van der Waals surface area contributed by atoms with Gasteiger partial charge in [0.05, 0.1) is 29.2 Å². The normalized spacial score (nSPS) is 19.7. The molecule has 1 amide bonds. The van der Waals surface area contributed by atoms with Gasteiger partial charge >= 0.3 is 0 Å². The van der Waals surface area contributed by atoms with E-state index < -0.39 is 11.3 Å². The van der Waals surface area contributed by atoms with E-state index >= 15 is 0 Å². The van der Waals surface area contributed by atoms with E-state index in [4.69, 9.17) is 16.2 Å². The zero-order valence-corrected chi connectivity index (χ0v) is 13.6. The Bertz CT molecular complexity index is 804. The van der Waals surface area contributed by atoms with Gasteiger partial charge in [0.2, 0.25) is 0 Å². The number of benzene rings is 1. The Kier molecular flexibility index (Phi) is 3.74. The number of nitrogen functional groups attached to an aromatic ring is 1. The fourth-order valence-corrected chi connectivity index (χ4v) is 4.47. The first-order valence-electron chi connectivity index (χ1n) is 7.26. The van der Waals surface area contributed by atoms with E-state index in [0.29, 0.717) is 29.8 Å². The highest BCUT2D eigenvalue weighted by Gasteiger charge is 2.39. The van der Waals surface area contributed by atoms with Gasteiger partial charge in [-0.05, 0) is 36.1 Å². The number of fused-ring (bicyclic) bond motifs is 1. The maximum atomic E-state index is 11.6. The highest BCUT2D eigenvalue weighted by molar-refractivity contribution is 7.16. The number of carbonyl (C=O) groups is 1. The summed E-state index contributed by atoms with van der Waals surface area (Å²) in [4.78, 5) is 12.6. The van der Waals surface area contributed by atoms with Crippen molar-refractivity contribution in [2.45, 2.75) is 24.7 Å². The first kappa shape index (κ1) is 15.4. The second-order valence-electron chi connectivity index (χ2n) is 5.71. The first-order valence-corrected chi connectivity index (χ1v) is 8.08. The monoisotopic (exact) mass is 327 g/mol. The minimum absolute atomic E-state index is 0.436. The molecule has 23 heavy (non-hydrogen) atoms. The molecule has 1 atom stereocenters. The van der Waals surface area contributed by atoms with Crippen LogP contribution in [0.1, 0.15) is 32.8 Å². The standard InChI is InChI=1S/C17H17N3O2S/c1-22-11-4-2-10(3-5-11)17(9-18)7-6-12-13(8-17)23-16(20)14(12)15(19)21/h2-5H,6-8,20H2,1H3,(H2,19,21). The zero-order chi connectivity index (χ0) is 16.6. The summed E-state index contributed by atoms with van der Waals surface area (Å²) in [6, 6.07) is 10.1. The van der Waals surface area contributed by atoms with Crippen LogP contribution in [0.4, 0.5) is 5.00 Å². The van der Waals surface area contributed by atoms with Gasteiger partial charge in [-0.3, -0.25) is 4.79 Å². The van der Waals surface area contributed by atoms with Crippen molar-refractivity contribution in [3.63, 3.8) is 0 Å². The van der Waals surface area contributed by atoms with E-state index in [9.17, 15) is 10.1 Å². The van der Waals surface area contributed by atoms with Crippen LogP contribution in [0.5, 0.6) is 5.75 Å². The van der Waals surface area contributed by atoms with Crippen LogP contribution in [0, 0.1) is 11.3 Å². The number of ether oxygens (including phenoxy) is 1. The summed E-state index contributed by atoms with van der Waals surface area (Å²) in [5.74, 6) is 0.267. The van der Waals surface area contributed by atoms with Crippen LogP contribution in [0.3, 0.4) is 0 Å². The number of rotatable bonds is 3. The number of amides is 1. The molecule has 0 radical (unpaired) electrons. The lowest BCUT2D eigenvalue weighted by Gasteiger charge is -2.31. The average molecular weight is 327 g/mol. The molecule has 0 aliphatic heterocycles. The zero-order valence-electron chi connectivity index (χ0n) is 12.8.